The van der Waals surface area contributed by atoms with Gasteiger partial charge >= 0.3 is 0 Å². The highest BCUT2D eigenvalue weighted by Crippen LogP contribution is 2.13. The third-order valence-electron chi connectivity index (χ3n) is 2.92. The van der Waals surface area contributed by atoms with Gasteiger partial charge in [0.05, 0.1) is 5.92 Å². The van der Waals surface area contributed by atoms with Gasteiger partial charge in [0.2, 0.25) is 0 Å². The Balaban J connectivity index is 2.67. The molecule has 1 unspecified atom stereocenters. The van der Waals surface area contributed by atoms with Gasteiger partial charge in [0.25, 0.3) is 0 Å². The molecule has 0 aliphatic carbocycles. The van der Waals surface area contributed by atoms with E-state index in [1.807, 2.05) is 30.3 Å². The first kappa shape index (κ1) is 14.4. The molecule has 2 heteroatoms. The van der Waals surface area contributed by atoms with Crippen LogP contribution in [0.3, 0.4) is 0 Å². The number of carbonyl (C=O) groups excluding carboxylic acids is 2. The SMILES string of the molecule is CCCCC(C(C)=O)C(=O)/C=C/c1ccccc1. The number of carbonyl (C=O) groups is 2. The van der Waals surface area contributed by atoms with E-state index in [2.05, 4.69) is 6.92 Å². The Labute approximate surface area is 109 Å². The Kier molecular flexibility index (Phi) is 6.06. The van der Waals surface area contributed by atoms with Gasteiger partial charge in [0, 0.05) is 0 Å². The predicted octanol–water partition coefficient (Wildman–Crippen LogP) is 3.66. The van der Waals surface area contributed by atoms with Crippen molar-refractivity contribution in [2.24, 2.45) is 5.92 Å². The first-order valence-corrected chi connectivity index (χ1v) is 6.42. The van der Waals surface area contributed by atoms with E-state index in [1.54, 1.807) is 6.08 Å². The molecule has 0 heterocycles. The Morgan fingerprint density at radius 2 is 1.89 bits per heavy atom. The zero-order valence-electron chi connectivity index (χ0n) is 11.1. The summed E-state index contributed by atoms with van der Waals surface area (Å²) in [5, 5.41) is 0. The first-order chi connectivity index (χ1) is 8.65. The zero-order chi connectivity index (χ0) is 13.4. The summed E-state index contributed by atoms with van der Waals surface area (Å²) >= 11 is 0. The largest absolute Gasteiger partial charge is 0.299 e. The van der Waals surface area contributed by atoms with Crippen LogP contribution in [0.2, 0.25) is 0 Å². The van der Waals surface area contributed by atoms with Crippen molar-refractivity contribution in [3.63, 3.8) is 0 Å². The predicted molar refractivity (Wildman–Crippen MR) is 74.2 cm³/mol. The molecule has 0 N–H and O–H groups in total. The molecule has 0 aliphatic rings. The minimum atomic E-state index is -0.468. The van der Waals surface area contributed by atoms with Crippen LogP contribution in [0.1, 0.15) is 38.7 Å². The van der Waals surface area contributed by atoms with Crippen LogP contribution in [0.25, 0.3) is 6.08 Å². The molecule has 0 bridgehead atoms. The van der Waals surface area contributed by atoms with Crippen molar-refractivity contribution in [2.45, 2.75) is 33.1 Å². The number of allylic oxidation sites excluding steroid dienone is 1. The molecule has 18 heavy (non-hydrogen) atoms. The number of unbranched alkanes of at least 4 members (excludes halogenated alkanes) is 1. The van der Waals surface area contributed by atoms with Crippen molar-refractivity contribution >= 4 is 17.6 Å². The van der Waals surface area contributed by atoms with Crippen LogP contribution in [0.15, 0.2) is 36.4 Å². The number of rotatable bonds is 7. The molecule has 0 aliphatic heterocycles. The van der Waals surface area contributed by atoms with Gasteiger partial charge in [0.15, 0.2) is 5.78 Å². The van der Waals surface area contributed by atoms with Crippen LogP contribution >= 0.6 is 0 Å². The van der Waals surface area contributed by atoms with Gasteiger partial charge in [-0.15, -0.1) is 0 Å². The maximum absolute atomic E-state index is 12.0. The number of hydrogen-bond acceptors (Lipinski definition) is 2. The molecule has 0 saturated heterocycles. The van der Waals surface area contributed by atoms with E-state index in [0.29, 0.717) is 6.42 Å². The van der Waals surface area contributed by atoms with Crippen LogP contribution in [0.4, 0.5) is 0 Å². The van der Waals surface area contributed by atoms with Gasteiger partial charge < -0.3 is 0 Å². The molecule has 1 aromatic carbocycles. The first-order valence-electron chi connectivity index (χ1n) is 6.42. The molecule has 0 amide bonds. The van der Waals surface area contributed by atoms with Crippen LogP contribution in [-0.2, 0) is 9.59 Å². The Bertz CT molecular complexity index is 418. The Morgan fingerprint density at radius 3 is 2.44 bits per heavy atom. The lowest BCUT2D eigenvalue weighted by molar-refractivity contribution is -0.129. The average molecular weight is 244 g/mol. The molecule has 1 rings (SSSR count). The maximum atomic E-state index is 12.0. The van der Waals surface area contributed by atoms with E-state index >= 15 is 0 Å². The number of benzene rings is 1. The lowest BCUT2D eigenvalue weighted by Crippen LogP contribution is -2.20. The van der Waals surface area contributed by atoms with Gasteiger partial charge in [0.1, 0.15) is 5.78 Å². The second-order valence-corrected chi connectivity index (χ2v) is 4.45. The van der Waals surface area contributed by atoms with Crippen LogP contribution in [0.5, 0.6) is 0 Å². The smallest absolute Gasteiger partial charge is 0.166 e. The summed E-state index contributed by atoms with van der Waals surface area (Å²) in [6.45, 7) is 3.55. The molecular formula is C16H20O2. The van der Waals surface area contributed by atoms with Crippen LogP contribution in [-0.4, -0.2) is 11.6 Å². The fraction of sp³-hybridized carbons (Fsp3) is 0.375. The van der Waals surface area contributed by atoms with Crippen molar-refractivity contribution in [3.05, 3.63) is 42.0 Å². The quantitative estimate of drug-likeness (QED) is 0.542. The highest BCUT2D eigenvalue weighted by molar-refractivity contribution is 6.08. The molecule has 0 radical (unpaired) electrons. The third-order valence-corrected chi connectivity index (χ3v) is 2.92. The average Bonchev–Trinajstić information content (AvgIpc) is 2.37. The van der Waals surface area contributed by atoms with Crippen molar-refractivity contribution in [1.29, 1.82) is 0 Å². The zero-order valence-corrected chi connectivity index (χ0v) is 11.1. The number of hydrogen-bond donors (Lipinski definition) is 0. The van der Waals surface area contributed by atoms with Gasteiger partial charge in [-0.3, -0.25) is 9.59 Å². The summed E-state index contributed by atoms with van der Waals surface area (Å²) in [6, 6.07) is 9.63. The Morgan fingerprint density at radius 1 is 1.22 bits per heavy atom. The second kappa shape index (κ2) is 7.59. The van der Waals surface area contributed by atoms with Crippen molar-refractivity contribution < 1.29 is 9.59 Å². The van der Waals surface area contributed by atoms with Gasteiger partial charge in [-0.1, -0.05) is 56.2 Å². The van der Waals surface area contributed by atoms with Crippen molar-refractivity contribution in [3.8, 4) is 0 Å². The standard InChI is InChI=1S/C16H20O2/c1-3-4-10-15(13(2)17)16(18)12-11-14-8-6-5-7-9-14/h5-9,11-12,15H,3-4,10H2,1-2H3/b12-11+. The summed E-state index contributed by atoms with van der Waals surface area (Å²) in [5.41, 5.74) is 0.976. The van der Waals surface area contributed by atoms with Gasteiger partial charge in [-0.05, 0) is 25.0 Å². The molecule has 0 aromatic heterocycles. The fourth-order valence-corrected chi connectivity index (χ4v) is 1.81. The number of ketones is 2. The van der Waals surface area contributed by atoms with E-state index in [4.69, 9.17) is 0 Å². The summed E-state index contributed by atoms with van der Waals surface area (Å²) in [7, 11) is 0. The van der Waals surface area contributed by atoms with E-state index in [-0.39, 0.29) is 11.6 Å². The lowest BCUT2D eigenvalue weighted by atomic mass is 9.93. The molecule has 1 atom stereocenters. The van der Waals surface area contributed by atoms with E-state index < -0.39 is 5.92 Å². The molecule has 0 saturated carbocycles. The highest BCUT2D eigenvalue weighted by Gasteiger charge is 2.19. The molecule has 1 aromatic rings. The minimum absolute atomic E-state index is 0.0360. The molecule has 0 fully saturated rings. The van der Waals surface area contributed by atoms with Crippen molar-refractivity contribution in [2.75, 3.05) is 0 Å². The van der Waals surface area contributed by atoms with E-state index in [0.717, 1.165) is 18.4 Å². The van der Waals surface area contributed by atoms with E-state index in [9.17, 15) is 9.59 Å². The summed E-state index contributed by atoms with van der Waals surface area (Å²) < 4.78 is 0. The molecule has 2 nitrogen and oxygen atoms in total. The monoisotopic (exact) mass is 244 g/mol. The van der Waals surface area contributed by atoms with Crippen molar-refractivity contribution in [1.82, 2.24) is 0 Å². The van der Waals surface area contributed by atoms with Crippen LogP contribution < -0.4 is 0 Å². The van der Waals surface area contributed by atoms with Gasteiger partial charge in [-0.2, -0.15) is 0 Å². The summed E-state index contributed by atoms with van der Waals surface area (Å²) in [4.78, 5) is 23.4. The number of Topliss-reactive ketones (excluding diaryl/α,β-unsaturated/α-hetero) is 1. The summed E-state index contributed by atoms with van der Waals surface area (Å²) in [6.07, 6.45) is 5.86. The molecular weight excluding hydrogens is 224 g/mol. The normalized spacial score (nSPS) is 12.6. The highest BCUT2D eigenvalue weighted by atomic mass is 16.1. The topological polar surface area (TPSA) is 34.1 Å². The summed E-state index contributed by atoms with van der Waals surface area (Å²) in [5.74, 6) is -0.587. The van der Waals surface area contributed by atoms with Gasteiger partial charge in [-0.25, -0.2) is 0 Å². The minimum Gasteiger partial charge on any atom is -0.299 e. The fourth-order valence-electron chi connectivity index (χ4n) is 1.81. The second-order valence-electron chi connectivity index (χ2n) is 4.45. The Hall–Kier alpha value is -1.70. The molecule has 96 valence electrons. The lowest BCUT2D eigenvalue weighted by Gasteiger charge is -2.09. The maximum Gasteiger partial charge on any atom is 0.166 e. The van der Waals surface area contributed by atoms with Crippen LogP contribution in [0, 0.1) is 5.92 Å². The molecule has 0 spiro atoms. The third kappa shape index (κ3) is 4.66. The van der Waals surface area contributed by atoms with E-state index in [1.165, 1.54) is 13.0 Å².